The van der Waals surface area contributed by atoms with Gasteiger partial charge in [-0.3, -0.25) is 0 Å². The van der Waals surface area contributed by atoms with Crippen LogP contribution in [0.1, 0.15) is 5.56 Å². The maximum atomic E-state index is 8.72. The minimum atomic E-state index is 0.136. The van der Waals surface area contributed by atoms with E-state index in [0.717, 1.165) is 11.4 Å². The maximum Gasteiger partial charge on any atom is 0.142 e. The van der Waals surface area contributed by atoms with Crippen LogP contribution in [0.3, 0.4) is 0 Å². The van der Waals surface area contributed by atoms with E-state index in [4.69, 9.17) is 15.7 Å². The molecule has 3 N–H and O–H groups in total. The molecule has 14 heavy (non-hydrogen) atoms. The molecule has 0 spiro atoms. The predicted molar refractivity (Wildman–Crippen MR) is 53.1 cm³/mol. The number of ether oxygens (including phenoxy) is 1. The molecule has 72 valence electrons. The molecule has 1 aliphatic rings. The minimum absolute atomic E-state index is 0.136. The molecule has 1 aromatic rings. The Labute approximate surface area is 82.3 Å². The maximum absolute atomic E-state index is 8.72. The van der Waals surface area contributed by atoms with Crippen molar-refractivity contribution in [1.82, 2.24) is 0 Å². The van der Waals surface area contributed by atoms with Crippen LogP contribution in [-0.2, 0) is 0 Å². The van der Waals surface area contributed by atoms with E-state index in [0.29, 0.717) is 18.7 Å². The smallest absolute Gasteiger partial charge is 0.142 e. The van der Waals surface area contributed by atoms with Crippen molar-refractivity contribution in [3.63, 3.8) is 0 Å². The van der Waals surface area contributed by atoms with Gasteiger partial charge in [0.25, 0.3) is 0 Å². The van der Waals surface area contributed by atoms with E-state index in [-0.39, 0.29) is 6.04 Å². The van der Waals surface area contributed by atoms with Crippen molar-refractivity contribution < 1.29 is 4.74 Å². The van der Waals surface area contributed by atoms with Gasteiger partial charge < -0.3 is 15.8 Å². The molecule has 0 aromatic heterocycles. The molecule has 1 aliphatic heterocycles. The van der Waals surface area contributed by atoms with E-state index >= 15 is 0 Å². The van der Waals surface area contributed by atoms with Crippen LogP contribution < -0.4 is 15.8 Å². The van der Waals surface area contributed by atoms with Gasteiger partial charge in [0.15, 0.2) is 0 Å². The molecule has 0 amide bonds. The van der Waals surface area contributed by atoms with Gasteiger partial charge in [-0.1, -0.05) is 0 Å². The fourth-order valence-electron chi connectivity index (χ4n) is 1.42. The van der Waals surface area contributed by atoms with E-state index in [2.05, 4.69) is 11.4 Å². The first kappa shape index (κ1) is 8.85. The van der Waals surface area contributed by atoms with Crippen molar-refractivity contribution in [3.8, 4) is 11.8 Å². The van der Waals surface area contributed by atoms with E-state index in [1.807, 2.05) is 0 Å². The van der Waals surface area contributed by atoms with Crippen molar-refractivity contribution in [2.75, 3.05) is 18.5 Å². The van der Waals surface area contributed by atoms with Crippen molar-refractivity contribution in [1.29, 1.82) is 5.26 Å². The molecule has 0 bridgehead atoms. The molecule has 0 fully saturated rings. The van der Waals surface area contributed by atoms with Crippen molar-refractivity contribution in [2.45, 2.75) is 6.04 Å². The summed E-state index contributed by atoms with van der Waals surface area (Å²) in [5.74, 6) is 0.786. The molecule has 0 radical (unpaired) electrons. The number of anilines is 1. The van der Waals surface area contributed by atoms with Crippen LogP contribution in [-0.4, -0.2) is 19.2 Å². The van der Waals surface area contributed by atoms with Crippen molar-refractivity contribution in [3.05, 3.63) is 23.8 Å². The number of hydrogen-bond acceptors (Lipinski definition) is 4. The molecule has 0 aliphatic carbocycles. The van der Waals surface area contributed by atoms with Crippen LogP contribution >= 0.6 is 0 Å². The number of hydrogen-bond donors (Lipinski definition) is 2. The Bertz CT molecular complexity index is 383. The zero-order valence-electron chi connectivity index (χ0n) is 7.66. The molecule has 2 rings (SSSR count). The lowest BCUT2D eigenvalue weighted by atomic mass is 10.1. The summed E-state index contributed by atoms with van der Waals surface area (Å²) in [4.78, 5) is 0. The van der Waals surface area contributed by atoms with Crippen LogP contribution in [0.2, 0.25) is 0 Å². The highest BCUT2D eigenvalue weighted by Gasteiger charge is 2.17. The fraction of sp³-hybridized carbons (Fsp3) is 0.300. The first-order valence-corrected chi connectivity index (χ1v) is 4.47. The molecule has 1 atom stereocenters. The summed E-state index contributed by atoms with van der Waals surface area (Å²) < 4.78 is 5.47. The van der Waals surface area contributed by atoms with Crippen LogP contribution in [0.25, 0.3) is 0 Å². The van der Waals surface area contributed by atoms with Crippen LogP contribution in [0.4, 0.5) is 5.69 Å². The van der Waals surface area contributed by atoms with Crippen LogP contribution in [0.15, 0.2) is 18.2 Å². The average molecular weight is 189 g/mol. The third-order valence-corrected chi connectivity index (χ3v) is 2.19. The zero-order chi connectivity index (χ0) is 9.97. The second-order valence-electron chi connectivity index (χ2n) is 3.21. The highest BCUT2D eigenvalue weighted by molar-refractivity contribution is 5.61. The lowest BCUT2D eigenvalue weighted by Gasteiger charge is -2.26. The zero-order valence-corrected chi connectivity index (χ0v) is 7.66. The van der Waals surface area contributed by atoms with Crippen molar-refractivity contribution in [2.24, 2.45) is 5.73 Å². The van der Waals surface area contributed by atoms with Gasteiger partial charge >= 0.3 is 0 Å². The Hall–Kier alpha value is -1.73. The normalized spacial score (nSPS) is 18.7. The summed E-state index contributed by atoms with van der Waals surface area (Å²) in [6.45, 7) is 1.10. The second-order valence-corrected chi connectivity index (χ2v) is 3.21. The lowest BCUT2D eigenvalue weighted by molar-refractivity contribution is 0.287. The van der Waals surface area contributed by atoms with E-state index in [1.165, 1.54) is 0 Å². The van der Waals surface area contributed by atoms with Gasteiger partial charge in [-0.05, 0) is 18.2 Å². The molecule has 0 saturated heterocycles. The van der Waals surface area contributed by atoms with Crippen LogP contribution in [0.5, 0.6) is 5.75 Å². The molecule has 1 unspecified atom stereocenters. The molecular formula is C10H11N3O. The van der Waals surface area contributed by atoms with E-state index in [9.17, 15) is 0 Å². The topological polar surface area (TPSA) is 71.1 Å². The largest absolute Gasteiger partial charge is 0.489 e. The number of fused-ring (bicyclic) bond motifs is 1. The second kappa shape index (κ2) is 3.56. The SMILES string of the molecule is N#Cc1ccc2c(c1)NC(CN)CO2. The summed E-state index contributed by atoms with van der Waals surface area (Å²) in [6, 6.07) is 7.53. The van der Waals surface area contributed by atoms with Gasteiger partial charge in [0, 0.05) is 6.54 Å². The number of benzene rings is 1. The Morgan fingerprint density at radius 1 is 1.64 bits per heavy atom. The van der Waals surface area contributed by atoms with E-state index in [1.54, 1.807) is 18.2 Å². The standard InChI is InChI=1S/C10H11N3O/c11-4-7-1-2-10-9(3-7)13-8(5-12)6-14-10/h1-3,8,13H,5-6,12H2. The number of rotatable bonds is 1. The van der Waals surface area contributed by atoms with Gasteiger partial charge in [-0.15, -0.1) is 0 Å². The minimum Gasteiger partial charge on any atom is -0.489 e. The fourth-order valence-corrected chi connectivity index (χ4v) is 1.42. The number of nitriles is 1. The summed E-state index contributed by atoms with van der Waals surface area (Å²) in [6.07, 6.45) is 0. The van der Waals surface area contributed by atoms with E-state index < -0.39 is 0 Å². The molecule has 0 saturated carbocycles. The van der Waals surface area contributed by atoms with Gasteiger partial charge in [-0.2, -0.15) is 5.26 Å². The Morgan fingerprint density at radius 3 is 3.21 bits per heavy atom. The summed E-state index contributed by atoms with van der Waals surface area (Å²) >= 11 is 0. The Morgan fingerprint density at radius 2 is 2.50 bits per heavy atom. The molecular weight excluding hydrogens is 178 g/mol. The first-order valence-electron chi connectivity index (χ1n) is 4.47. The first-order chi connectivity index (χ1) is 6.83. The highest BCUT2D eigenvalue weighted by atomic mass is 16.5. The Balaban J connectivity index is 2.31. The number of nitrogens with one attached hydrogen (secondary N) is 1. The average Bonchev–Trinajstić information content (AvgIpc) is 2.27. The number of nitrogens with zero attached hydrogens (tertiary/aromatic N) is 1. The van der Waals surface area contributed by atoms with Gasteiger partial charge in [0.1, 0.15) is 12.4 Å². The third kappa shape index (κ3) is 1.50. The van der Waals surface area contributed by atoms with Gasteiger partial charge in [0.05, 0.1) is 23.4 Å². The monoisotopic (exact) mass is 189 g/mol. The van der Waals surface area contributed by atoms with Gasteiger partial charge in [0.2, 0.25) is 0 Å². The highest BCUT2D eigenvalue weighted by Crippen LogP contribution is 2.29. The van der Waals surface area contributed by atoms with Gasteiger partial charge in [-0.25, -0.2) is 0 Å². The number of nitrogens with two attached hydrogens (primary N) is 1. The predicted octanol–water partition coefficient (Wildman–Crippen LogP) is 0.690. The lowest BCUT2D eigenvalue weighted by Crippen LogP contribution is -2.37. The molecule has 1 aromatic carbocycles. The molecule has 4 heteroatoms. The summed E-state index contributed by atoms with van der Waals surface area (Å²) in [7, 11) is 0. The van der Waals surface area contributed by atoms with Crippen molar-refractivity contribution >= 4 is 5.69 Å². The Kier molecular flexibility index (Phi) is 2.25. The summed E-state index contributed by atoms with van der Waals surface area (Å²) in [5.41, 5.74) is 7.00. The third-order valence-electron chi connectivity index (χ3n) is 2.19. The summed E-state index contributed by atoms with van der Waals surface area (Å²) in [5, 5.41) is 11.9. The quantitative estimate of drug-likeness (QED) is 0.681. The molecule has 4 nitrogen and oxygen atoms in total. The van der Waals surface area contributed by atoms with Crippen LogP contribution in [0, 0.1) is 11.3 Å². The molecule has 1 heterocycles.